The van der Waals surface area contributed by atoms with Gasteiger partial charge in [0.15, 0.2) is 17.3 Å². The van der Waals surface area contributed by atoms with Crippen molar-refractivity contribution in [3.8, 4) is 0 Å². The SMILES string of the molecule is CC(=O)OC1=CN(C(C)=O)c2nc(C)ccc2C(OC(C)=O)=C1c1ccccc1. The van der Waals surface area contributed by atoms with Crippen molar-refractivity contribution in [1.82, 2.24) is 4.98 Å². The molecule has 1 aliphatic heterocycles. The second kappa shape index (κ2) is 8.10. The third-order valence-corrected chi connectivity index (χ3v) is 4.11. The van der Waals surface area contributed by atoms with E-state index in [0.29, 0.717) is 22.4 Å². The number of aryl methyl sites for hydroxylation is 1. The van der Waals surface area contributed by atoms with E-state index in [1.165, 1.54) is 31.9 Å². The van der Waals surface area contributed by atoms with E-state index in [0.717, 1.165) is 0 Å². The molecule has 2 aromatic rings. The Labute approximate surface area is 168 Å². The summed E-state index contributed by atoms with van der Waals surface area (Å²) in [6.45, 7) is 5.69. The standard InChI is InChI=1S/C22H20N2O5/c1-13-10-11-18-21(29-16(4)27)20(17-8-6-5-7-9-17)19(28-15(3)26)12-24(14(2)25)22(18)23-13/h5-12H,1-4H3. The summed E-state index contributed by atoms with van der Waals surface area (Å²) >= 11 is 0. The van der Waals surface area contributed by atoms with Gasteiger partial charge < -0.3 is 9.47 Å². The Bertz CT molecular complexity index is 1050. The third kappa shape index (κ3) is 4.24. The van der Waals surface area contributed by atoms with Crippen LogP contribution in [0.2, 0.25) is 0 Å². The maximum absolute atomic E-state index is 12.4. The molecule has 0 aliphatic carbocycles. The summed E-state index contributed by atoms with van der Waals surface area (Å²) in [5.41, 5.74) is 2.11. The van der Waals surface area contributed by atoms with Gasteiger partial charge in [-0.2, -0.15) is 0 Å². The molecular weight excluding hydrogens is 372 g/mol. The number of fused-ring (bicyclic) bond motifs is 1. The molecule has 3 rings (SSSR count). The van der Waals surface area contributed by atoms with Crippen LogP contribution in [0.1, 0.15) is 37.6 Å². The van der Waals surface area contributed by atoms with Gasteiger partial charge in [-0.15, -0.1) is 0 Å². The van der Waals surface area contributed by atoms with E-state index in [-0.39, 0.29) is 23.2 Å². The molecule has 0 radical (unpaired) electrons. The van der Waals surface area contributed by atoms with E-state index in [1.54, 1.807) is 43.3 Å². The molecule has 0 fully saturated rings. The van der Waals surface area contributed by atoms with Crippen LogP contribution in [0.5, 0.6) is 0 Å². The zero-order valence-electron chi connectivity index (χ0n) is 16.6. The van der Waals surface area contributed by atoms with Gasteiger partial charge in [-0.1, -0.05) is 30.3 Å². The average Bonchev–Trinajstić information content (AvgIpc) is 2.76. The Morgan fingerprint density at radius 1 is 0.897 bits per heavy atom. The van der Waals surface area contributed by atoms with Gasteiger partial charge in [0.05, 0.1) is 17.3 Å². The first-order valence-corrected chi connectivity index (χ1v) is 8.94. The molecule has 0 unspecified atom stereocenters. The monoisotopic (exact) mass is 392 g/mol. The first-order chi connectivity index (χ1) is 13.8. The van der Waals surface area contributed by atoms with Crippen LogP contribution in [0.15, 0.2) is 54.4 Å². The number of allylic oxidation sites excluding steroid dienone is 1. The van der Waals surface area contributed by atoms with Gasteiger partial charge in [0.25, 0.3) is 0 Å². The van der Waals surface area contributed by atoms with Crippen LogP contribution in [0, 0.1) is 6.92 Å². The highest BCUT2D eigenvalue weighted by atomic mass is 16.5. The molecule has 1 amide bonds. The lowest BCUT2D eigenvalue weighted by atomic mass is 10.00. The van der Waals surface area contributed by atoms with Gasteiger partial charge in [0.1, 0.15) is 0 Å². The van der Waals surface area contributed by atoms with Crippen molar-refractivity contribution in [3.05, 3.63) is 71.2 Å². The Morgan fingerprint density at radius 3 is 2.14 bits per heavy atom. The number of carbonyl (C=O) groups is 3. The molecule has 1 aliphatic rings. The Hall–Kier alpha value is -3.74. The van der Waals surface area contributed by atoms with E-state index in [4.69, 9.17) is 9.47 Å². The maximum atomic E-state index is 12.4. The number of amides is 1. The lowest BCUT2D eigenvalue weighted by Crippen LogP contribution is -2.25. The first kappa shape index (κ1) is 20.0. The predicted octanol–water partition coefficient (Wildman–Crippen LogP) is 3.59. The summed E-state index contributed by atoms with van der Waals surface area (Å²) in [5, 5.41) is 0. The number of esters is 2. The summed E-state index contributed by atoms with van der Waals surface area (Å²) in [4.78, 5) is 41.9. The van der Waals surface area contributed by atoms with Crippen molar-refractivity contribution in [2.45, 2.75) is 27.7 Å². The number of rotatable bonds is 3. The molecule has 1 aromatic heterocycles. The molecule has 2 heterocycles. The van der Waals surface area contributed by atoms with Crippen LogP contribution in [0.25, 0.3) is 11.3 Å². The summed E-state index contributed by atoms with van der Waals surface area (Å²) in [6.07, 6.45) is 1.40. The summed E-state index contributed by atoms with van der Waals surface area (Å²) in [5.74, 6) is -0.966. The Kier molecular flexibility index (Phi) is 5.59. The number of hydrogen-bond donors (Lipinski definition) is 0. The van der Waals surface area contributed by atoms with Crippen LogP contribution in [-0.4, -0.2) is 22.8 Å². The van der Waals surface area contributed by atoms with Gasteiger partial charge in [-0.3, -0.25) is 19.3 Å². The number of anilines is 1. The lowest BCUT2D eigenvalue weighted by Gasteiger charge is -2.18. The Balaban J connectivity index is 2.43. The largest absolute Gasteiger partial charge is 0.425 e. The maximum Gasteiger partial charge on any atom is 0.308 e. The number of pyridine rings is 1. The summed E-state index contributed by atoms with van der Waals surface area (Å²) in [6, 6.07) is 12.5. The highest BCUT2D eigenvalue weighted by Crippen LogP contribution is 2.40. The molecule has 148 valence electrons. The van der Waals surface area contributed by atoms with Gasteiger partial charge in [-0.05, 0) is 24.6 Å². The van der Waals surface area contributed by atoms with E-state index >= 15 is 0 Å². The fourth-order valence-electron chi connectivity index (χ4n) is 2.99. The van der Waals surface area contributed by atoms with E-state index in [2.05, 4.69) is 4.98 Å². The van der Waals surface area contributed by atoms with Crippen molar-refractivity contribution in [2.24, 2.45) is 0 Å². The van der Waals surface area contributed by atoms with E-state index < -0.39 is 11.9 Å². The number of ether oxygens (including phenoxy) is 2. The minimum absolute atomic E-state index is 0.0748. The molecule has 0 bridgehead atoms. The molecule has 29 heavy (non-hydrogen) atoms. The fraction of sp³-hybridized carbons (Fsp3) is 0.182. The number of benzene rings is 1. The molecular formula is C22H20N2O5. The van der Waals surface area contributed by atoms with Crippen LogP contribution >= 0.6 is 0 Å². The highest BCUT2D eigenvalue weighted by Gasteiger charge is 2.31. The van der Waals surface area contributed by atoms with Crippen molar-refractivity contribution >= 4 is 35.0 Å². The van der Waals surface area contributed by atoms with Gasteiger partial charge in [0, 0.05) is 26.5 Å². The second-order valence-electron chi connectivity index (χ2n) is 6.46. The first-order valence-electron chi connectivity index (χ1n) is 8.94. The average molecular weight is 392 g/mol. The number of nitrogens with zero attached hydrogens (tertiary/aromatic N) is 2. The Morgan fingerprint density at radius 2 is 1.55 bits per heavy atom. The van der Waals surface area contributed by atoms with Crippen LogP contribution < -0.4 is 4.90 Å². The molecule has 1 aromatic carbocycles. The molecule has 0 saturated heterocycles. The minimum Gasteiger partial charge on any atom is -0.425 e. The quantitative estimate of drug-likeness (QED) is 0.742. The highest BCUT2D eigenvalue weighted by molar-refractivity contribution is 6.05. The fourth-order valence-corrected chi connectivity index (χ4v) is 2.99. The van der Waals surface area contributed by atoms with E-state index in [1.807, 2.05) is 6.07 Å². The third-order valence-electron chi connectivity index (χ3n) is 4.11. The topological polar surface area (TPSA) is 85.8 Å². The smallest absolute Gasteiger partial charge is 0.308 e. The molecule has 7 heteroatoms. The number of hydrogen-bond acceptors (Lipinski definition) is 6. The zero-order chi connectivity index (χ0) is 21.1. The normalized spacial score (nSPS) is 13.2. The summed E-state index contributed by atoms with van der Waals surface area (Å²) < 4.78 is 11.0. The van der Waals surface area contributed by atoms with Gasteiger partial charge in [0.2, 0.25) is 5.91 Å². The predicted molar refractivity (Wildman–Crippen MR) is 107 cm³/mol. The van der Waals surface area contributed by atoms with Crippen LogP contribution in [0.4, 0.5) is 5.82 Å². The molecule has 0 atom stereocenters. The van der Waals surface area contributed by atoms with E-state index in [9.17, 15) is 14.4 Å². The van der Waals surface area contributed by atoms with Crippen molar-refractivity contribution < 1.29 is 23.9 Å². The number of aromatic nitrogens is 1. The molecule has 0 saturated carbocycles. The van der Waals surface area contributed by atoms with Gasteiger partial charge in [-0.25, -0.2) is 4.98 Å². The molecule has 7 nitrogen and oxygen atoms in total. The number of carbonyl (C=O) groups excluding carboxylic acids is 3. The zero-order valence-corrected chi connectivity index (χ0v) is 16.6. The minimum atomic E-state index is -0.578. The molecule has 0 N–H and O–H groups in total. The van der Waals surface area contributed by atoms with Crippen LogP contribution in [-0.2, 0) is 23.9 Å². The lowest BCUT2D eigenvalue weighted by molar-refractivity contribution is -0.136. The molecule has 0 spiro atoms. The van der Waals surface area contributed by atoms with Crippen molar-refractivity contribution in [3.63, 3.8) is 0 Å². The van der Waals surface area contributed by atoms with Crippen molar-refractivity contribution in [1.29, 1.82) is 0 Å². The van der Waals surface area contributed by atoms with Crippen LogP contribution in [0.3, 0.4) is 0 Å². The second-order valence-corrected chi connectivity index (χ2v) is 6.46. The van der Waals surface area contributed by atoms with Crippen molar-refractivity contribution in [2.75, 3.05) is 4.90 Å². The van der Waals surface area contributed by atoms with Gasteiger partial charge >= 0.3 is 11.9 Å². The summed E-state index contributed by atoms with van der Waals surface area (Å²) in [7, 11) is 0.